The zero-order valence-corrected chi connectivity index (χ0v) is 17.0. The van der Waals surface area contributed by atoms with E-state index in [1.165, 1.54) is 18.2 Å². The van der Waals surface area contributed by atoms with Crippen LogP contribution in [0.4, 0.5) is 8.78 Å². The van der Waals surface area contributed by atoms with Crippen molar-refractivity contribution in [2.24, 2.45) is 5.92 Å². The maximum absolute atomic E-state index is 14.4. The van der Waals surface area contributed by atoms with E-state index in [1.807, 2.05) is 18.2 Å². The van der Waals surface area contributed by atoms with Crippen LogP contribution in [0.15, 0.2) is 54.6 Å². The summed E-state index contributed by atoms with van der Waals surface area (Å²) in [5.74, 6) is -0.227. The lowest BCUT2D eigenvalue weighted by molar-refractivity contribution is 0.0638. The number of nitrogens with zero attached hydrogens (tertiary/aromatic N) is 2. The van der Waals surface area contributed by atoms with Gasteiger partial charge in [0.05, 0.1) is 12.2 Å². The maximum Gasteiger partial charge on any atom is 0.130 e. The van der Waals surface area contributed by atoms with Crippen LogP contribution in [0.1, 0.15) is 37.9 Å². The van der Waals surface area contributed by atoms with Crippen molar-refractivity contribution in [1.82, 2.24) is 9.80 Å². The maximum atomic E-state index is 14.4. The number of hydrogen-bond donors (Lipinski definition) is 0. The third kappa shape index (κ3) is 4.85. The second kappa shape index (κ2) is 9.41. The van der Waals surface area contributed by atoms with Crippen LogP contribution < -0.4 is 0 Å². The van der Waals surface area contributed by atoms with Crippen LogP contribution >= 0.6 is 0 Å². The van der Waals surface area contributed by atoms with Crippen LogP contribution in [0.2, 0.25) is 0 Å². The molecule has 0 aliphatic carbocycles. The molecule has 0 amide bonds. The van der Waals surface area contributed by atoms with Gasteiger partial charge in [-0.25, -0.2) is 8.78 Å². The predicted molar refractivity (Wildman–Crippen MR) is 111 cm³/mol. The lowest BCUT2D eigenvalue weighted by Crippen LogP contribution is -2.46. The highest BCUT2D eigenvalue weighted by atomic mass is 19.1. The van der Waals surface area contributed by atoms with E-state index in [-0.39, 0.29) is 23.5 Å². The summed E-state index contributed by atoms with van der Waals surface area (Å²) in [5.41, 5.74) is 2.36. The minimum atomic E-state index is -0.410. The highest BCUT2D eigenvalue weighted by molar-refractivity contribution is 5.70. The smallest absolute Gasteiger partial charge is 0.130 e. The van der Waals surface area contributed by atoms with Gasteiger partial charge >= 0.3 is 0 Å². The van der Waals surface area contributed by atoms with Crippen LogP contribution in [0, 0.1) is 17.6 Å². The van der Waals surface area contributed by atoms with Crippen LogP contribution in [0.5, 0.6) is 0 Å². The molecule has 2 aromatic rings. The Labute approximate surface area is 166 Å². The van der Waals surface area contributed by atoms with Gasteiger partial charge in [0.2, 0.25) is 0 Å². The van der Waals surface area contributed by atoms with Gasteiger partial charge in [0.25, 0.3) is 0 Å². The molecule has 1 aliphatic heterocycles. The first kappa shape index (κ1) is 22.2. The predicted octanol–water partition coefficient (Wildman–Crippen LogP) is 4.51. The molecule has 1 aliphatic rings. The molecule has 0 aromatic heterocycles. The highest BCUT2D eigenvalue weighted by Gasteiger charge is 2.33. The van der Waals surface area contributed by atoms with E-state index in [0.717, 1.165) is 17.7 Å². The van der Waals surface area contributed by atoms with Gasteiger partial charge in [-0.15, -0.1) is 0 Å². The first-order chi connectivity index (χ1) is 12.9. The molecule has 2 atom stereocenters. The lowest BCUT2D eigenvalue weighted by atomic mass is 10.0. The van der Waals surface area contributed by atoms with Crippen molar-refractivity contribution in [3.05, 3.63) is 77.4 Å². The normalized spacial score (nSPS) is 18.3. The Morgan fingerprint density at radius 3 is 2.39 bits per heavy atom. The first-order valence-corrected chi connectivity index (χ1v) is 9.54. The van der Waals surface area contributed by atoms with Gasteiger partial charge in [0.1, 0.15) is 11.6 Å². The summed E-state index contributed by atoms with van der Waals surface area (Å²) in [7, 11) is 2.12. The number of benzene rings is 2. The van der Waals surface area contributed by atoms with Crippen LogP contribution in [0.3, 0.4) is 0 Å². The third-order valence-electron chi connectivity index (χ3n) is 5.26. The minimum Gasteiger partial charge on any atom is -0.412 e. The fraction of sp³-hybridized carbons (Fsp3) is 0.391. The summed E-state index contributed by atoms with van der Waals surface area (Å²) < 4.78 is 28.1. The molecule has 2 aromatic carbocycles. The van der Waals surface area contributed by atoms with Gasteiger partial charge in [0.15, 0.2) is 0 Å². The number of hydrogen-bond acceptors (Lipinski definition) is 2. The van der Waals surface area contributed by atoms with Crippen LogP contribution in [-0.4, -0.2) is 41.6 Å². The van der Waals surface area contributed by atoms with Crippen molar-refractivity contribution >= 4 is 5.57 Å². The van der Waals surface area contributed by atoms with Gasteiger partial charge in [0, 0.05) is 18.7 Å². The molecule has 1 heterocycles. The SMILES string of the molecule is CC(C)CN(C)C(C)N1CC(c2cc(F)ccc2F)=CC1c1ccccc1.O. The number of halogens is 2. The van der Waals surface area contributed by atoms with Gasteiger partial charge in [-0.3, -0.25) is 9.80 Å². The molecule has 0 spiro atoms. The van der Waals surface area contributed by atoms with Gasteiger partial charge in [-0.05, 0) is 49.2 Å². The molecular weight excluding hydrogens is 358 g/mol. The molecule has 2 unspecified atom stereocenters. The van der Waals surface area contributed by atoms with Crippen molar-refractivity contribution in [3.8, 4) is 0 Å². The van der Waals surface area contributed by atoms with E-state index >= 15 is 0 Å². The zero-order chi connectivity index (χ0) is 19.6. The summed E-state index contributed by atoms with van der Waals surface area (Å²) >= 11 is 0. The summed E-state index contributed by atoms with van der Waals surface area (Å²) in [4.78, 5) is 4.66. The highest BCUT2D eigenvalue weighted by Crippen LogP contribution is 2.37. The molecule has 0 radical (unpaired) electrons. The lowest BCUT2D eigenvalue weighted by Gasteiger charge is -2.37. The van der Waals surface area contributed by atoms with Crippen molar-refractivity contribution in [2.75, 3.05) is 20.1 Å². The standard InChI is InChI=1S/C23H28F2N2.H2O/c1-16(2)14-26(4)17(3)27-15-19(21-13-20(24)10-11-22(21)25)12-23(27)18-8-6-5-7-9-18;/h5-13,16-17,23H,14-15H2,1-4H3;1H2. The van der Waals surface area contributed by atoms with Crippen LogP contribution in [-0.2, 0) is 0 Å². The topological polar surface area (TPSA) is 38.0 Å². The van der Waals surface area contributed by atoms with Gasteiger partial charge in [-0.1, -0.05) is 50.3 Å². The summed E-state index contributed by atoms with van der Waals surface area (Å²) in [6, 6.07) is 13.9. The molecule has 0 fully saturated rings. The fourth-order valence-electron chi connectivity index (χ4n) is 3.84. The first-order valence-electron chi connectivity index (χ1n) is 9.54. The van der Waals surface area contributed by atoms with Crippen molar-refractivity contribution < 1.29 is 14.3 Å². The summed E-state index contributed by atoms with van der Waals surface area (Å²) in [6.07, 6.45) is 2.25. The second-order valence-corrected chi connectivity index (χ2v) is 7.81. The molecule has 5 heteroatoms. The third-order valence-corrected chi connectivity index (χ3v) is 5.26. The van der Waals surface area contributed by atoms with Crippen molar-refractivity contribution in [1.29, 1.82) is 0 Å². The molecule has 152 valence electrons. The summed E-state index contributed by atoms with van der Waals surface area (Å²) in [6.45, 7) is 8.14. The van der Waals surface area contributed by atoms with E-state index in [9.17, 15) is 8.78 Å². The van der Waals surface area contributed by atoms with Gasteiger partial charge in [-0.2, -0.15) is 0 Å². The van der Waals surface area contributed by atoms with E-state index in [0.29, 0.717) is 18.0 Å². The van der Waals surface area contributed by atoms with E-state index in [2.05, 4.69) is 55.8 Å². The molecule has 2 N–H and O–H groups in total. The molecular formula is C23H30F2N2O. The Morgan fingerprint density at radius 2 is 1.75 bits per heavy atom. The molecule has 0 bridgehead atoms. The molecule has 3 rings (SSSR count). The minimum absolute atomic E-state index is 0. The fourth-order valence-corrected chi connectivity index (χ4v) is 3.84. The Kier molecular flexibility index (Phi) is 7.47. The monoisotopic (exact) mass is 388 g/mol. The Balaban J connectivity index is 0.00000280. The Hall–Kier alpha value is -2.08. The Bertz CT molecular complexity index is 808. The molecule has 0 saturated carbocycles. The van der Waals surface area contributed by atoms with E-state index in [4.69, 9.17) is 0 Å². The Morgan fingerprint density at radius 1 is 1.07 bits per heavy atom. The quantitative estimate of drug-likeness (QED) is 0.730. The average Bonchev–Trinajstić information content (AvgIpc) is 3.08. The largest absolute Gasteiger partial charge is 0.412 e. The van der Waals surface area contributed by atoms with Crippen molar-refractivity contribution in [3.63, 3.8) is 0 Å². The average molecular weight is 389 g/mol. The summed E-state index contributed by atoms with van der Waals surface area (Å²) in [5, 5.41) is 0. The number of rotatable bonds is 6. The van der Waals surface area contributed by atoms with Crippen LogP contribution in [0.25, 0.3) is 5.57 Å². The van der Waals surface area contributed by atoms with Gasteiger partial charge < -0.3 is 5.48 Å². The molecule has 28 heavy (non-hydrogen) atoms. The zero-order valence-electron chi connectivity index (χ0n) is 17.0. The molecule has 3 nitrogen and oxygen atoms in total. The van der Waals surface area contributed by atoms with E-state index < -0.39 is 5.82 Å². The second-order valence-electron chi connectivity index (χ2n) is 7.81. The van der Waals surface area contributed by atoms with E-state index in [1.54, 1.807) is 0 Å². The molecule has 0 saturated heterocycles. The van der Waals surface area contributed by atoms with Crippen molar-refractivity contribution in [2.45, 2.75) is 33.0 Å².